The van der Waals surface area contributed by atoms with E-state index < -0.39 is 0 Å². The molecule has 0 spiro atoms. The Morgan fingerprint density at radius 3 is 2.78 bits per heavy atom. The molecule has 0 aromatic heterocycles. The van der Waals surface area contributed by atoms with Crippen molar-refractivity contribution >= 4 is 21.8 Å². The molecule has 1 aromatic carbocycles. The summed E-state index contributed by atoms with van der Waals surface area (Å²) in [5.74, 6) is 0.407. The lowest BCUT2D eigenvalue weighted by molar-refractivity contribution is -0.135. The number of nitrogens with one attached hydrogen (secondary N) is 1. The Morgan fingerprint density at radius 1 is 1.44 bits per heavy atom. The molecule has 1 amide bonds. The molecular formula is C14H19BrN2O. The standard InChI is InChI=1S/C14H19BrN2O/c1-17(10-11-4-6-13(15)7-5-11)14(18)12-3-2-8-16-9-12/h4-7,12,16H,2-3,8-10H2,1H3/t12-/m1/s1. The van der Waals surface area contributed by atoms with Gasteiger partial charge in [0.2, 0.25) is 5.91 Å². The Kier molecular flexibility index (Phi) is 4.78. The van der Waals surface area contributed by atoms with Crippen LogP contribution in [0.3, 0.4) is 0 Å². The van der Waals surface area contributed by atoms with Gasteiger partial charge >= 0.3 is 0 Å². The maximum Gasteiger partial charge on any atom is 0.227 e. The molecule has 1 aromatic rings. The molecular weight excluding hydrogens is 292 g/mol. The molecule has 1 aliphatic heterocycles. The number of rotatable bonds is 3. The summed E-state index contributed by atoms with van der Waals surface area (Å²) in [5.41, 5.74) is 1.16. The molecule has 98 valence electrons. The van der Waals surface area contributed by atoms with Crippen molar-refractivity contribution < 1.29 is 4.79 Å². The Hall–Kier alpha value is -0.870. The van der Waals surface area contributed by atoms with Crippen LogP contribution in [0.5, 0.6) is 0 Å². The van der Waals surface area contributed by atoms with Crippen molar-refractivity contribution in [3.63, 3.8) is 0 Å². The largest absolute Gasteiger partial charge is 0.341 e. The number of benzene rings is 1. The fourth-order valence-electron chi connectivity index (χ4n) is 2.32. The Balaban J connectivity index is 1.92. The van der Waals surface area contributed by atoms with Crippen LogP contribution in [-0.2, 0) is 11.3 Å². The first-order valence-corrected chi connectivity index (χ1v) is 7.16. The zero-order valence-corrected chi connectivity index (χ0v) is 12.2. The van der Waals surface area contributed by atoms with Crippen molar-refractivity contribution in [3.05, 3.63) is 34.3 Å². The van der Waals surface area contributed by atoms with Gasteiger partial charge in [0.15, 0.2) is 0 Å². The van der Waals surface area contributed by atoms with Crippen molar-refractivity contribution in [2.75, 3.05) is 20.1 Å². The quantitative estimate of drug-likeness (QED) is 0.930. The first kappa shape index (κ1) is 13.6. The number of amides is 1. The third-order valence-corrected chi connectivity index (χ3v) is 3.88. The van der Waals surface area contributed by atoms with E-state index in [1.165, 1.54) is 0 Å². The third-order valence-electron chi connectivity index (χ3n) is 3.36. The molecule has 2 rings (SSSR count). The van der Waals surface area contributed by atoms with Crippen LogP contribution in [0, 0.1) is 5.92 Å². The van der Waals surface area contributed by atoms with Crippen LogP contribution in [0.2, 0.25) is 0 Å². The minimum Gasteiger partial charge on any atom is -0.341 e. The summed E-state index contributed by atoms with van der Waals surface area (Å²) >= 11 is 3.41. The summed E-state index contributed by atoms with van der Waals surface area (Å²) < 4.78 is 1.07. The van der Waals surface area contributed by atoms with Crippen LogP contribution in [-0.4, -0.2) is 30.9 Å². The molecule has 18 heavy (non-hydrogen) atoms. The monoisotopic (exact) mass is 310 g/mol. The minimum absolute atomic E-state index is 0.152. The van der Waals surface area contributed by atoms with Gasteiger partial charge in [0.1, 0.15) is 0 Å². The Labute approximate surface area is 117 Å². The van der Waals surface area contributed by atoms with Crippen LogP contribution >= 0.6 is 15.9 Å². The fourth-order valence-corrected chi connectivity index (χ4v) is 2.58. The first-order valence-electron chi connectivity index (χ1n) is 6.37. The van der Waals surface area contributed by atoms with Gasteiger partial charge in [-0.3, -0.25) is 4.79 Å². The average molecular weight is 311 g/mol. The molecule has 0 saturated carbocycles. The third kappa shape index (κ3) is 3.56. The van der Waals surface area contributed by atoms with E-state index in [1.807, 2.05) is 36.2 Å². The predicted molar refractivity (Wildman–Crippen MR) is 76.2 cm³/mol. The molecule has 1 saturated heterocycles. The predicted octanol–water partition coefficient (Wildman–Crippen LogP) is 2.41. The highest BCUT2D eigenvalue weighted by atomic mass is 79.9. The van der Waals surface area contributed by atoms with Crippen molar-refractivity contribution in [1.82, 2.24) is 10.2 Å². The second kappa shape index (κ2) is 6.34. The van der Waals surface area contributed by atoms with Gasteiger partial charge in [0, 0.05) is 24.6 Å². The summed E-state index contributed by atoms with van der Waals surface area (Å²) in [5, 5.41) is 3.29. The molecule has 1 atom stereocenters. The number of piperidine rings is 1. The number of carbonyl (C=O) groups excluding carboxylic acids is 1. The van der Waals surface area contributed by atoms with Gasteiger partial charge in [-0.05, 0) is 37.1 Å². The number of hydrogen-bond acceptors (Lipinski definition) is 2. The molecule has 4 heteroatoms. The van der Waals surface area contributed by atoms with E-state index in [2.05, 4.69) is 21.2 Å². The van der Waals surface area contributed by atoms with E-state index >= 15 is 0 Å². The normalized spacial score (nSPS) is 19.6. The number of hydrogen-bond donors (Lipinski definition) is 1. The van der Waals surface area contributed by atoms with Crippen molar-refractivity contribution in [1.29, 1.82) is 0 Å². The first-order chi connectivity index (χ1) is 8.66. The molecule has 1 N–H and O–H groups in total. The van der Waals surface area contributed by atoms with Crippen molar-refractivity contribution in [3.8, 4) is 0 Å². The zero-order chi connectivity index (χ0) is 13.0. The SMILES string of the molecule is CN(Cc1ccc(Br)cc1)C(=O)[C@@H]1CCCNC1. The summed E-state index contributed by atoms with van der Waals surface area (Å²) in [6, 6.07) is 8.12. The summed E-state index contributed by atoms with van der Waals surface area (Å²) in [4.78, 5) is 14.1. The number of carbonyl (C=O) groups is 1. The maximum absolute atomic E-state index is 12.2. The maximum atomic E-state index is 12.2. The summed E-state index contributed by atoms with van der Waals surface area (Å²) in [6.07, 6.45) is 2.11. The van der Waals surface area contributed by atoms with E-state index in [4.69, 9.17) is 0 Å². The van der Waals surface area contributed by atoms with Gasteiger partial charge in [0.05, 0.1) is 5.92 Å². The van der Waals surface area contributed by atoms with Gasteiger partial charge in [0.25, 0.3) is 0 Å². The molecule has 0 radical (unpaired) electrons. The van der Waals surface area contributed by atoms with Crippen LogP contribution in [0.25, 0.3) is 0 Å². The molecule has 1 fully saturated rings. The van der Waals surface area contributed by atoms with Gasteiger partial charge in [-0.1, -0.05) is 28.1 Å². The highest BCUT2D eigenvalue weighted by molar-refractivity contribution is 9.10. The van der Waals surface area contributed by atoms with Crippen molar-refractivity contribution in [2.45, 2.75) is 19.4 Å². The van der Waals surface area contributed by atoms with Crippen LogP contribution < -0.4 is 5.32 Å². The van der Waals surface area contributed by atoms with Crippen LogP contribution in [0.4, 0.5) is 0 Å². The zero-order valence-electron chi connectivity index (χ0n) is 10.7. The highest BCUT2D eigenvalue weighted by Crippen LogP contribution is 2.16. The van der Waals surface area contributed by atoms with E-state index in [0.717, 1.165) is 36.0 Å². The van der Waals surface area contributed by atoms with Gasteiger partial charge in [-0.2, -0.15) is 0 Å². The Bertz CT molecular complexity index is 399. The summed E-state index contributed by atoms with van der Waals surface area (Å²) in [7, 11) is 1.89. The fraction of sp³-hybridized carbons (Fsp3) is 0.500. The van der Waals surface area contributed by atoms with E-state index in [1.54, 1.807) is 0 Å². The molecule has 1 aliphatic rings. The van der Waals surface area contributed by atoms with E-state index in [9.17, 15) is 4.79 Å². The van der Waals surface area contributed by atoms with E-state index in [0.29, 0.717) is 6.54 Å². The molecule has 1 heterocycles. The topological polar surface area (TPSA) is 32.3 Å². The molecule has 0 bridgehead atoms. The molecule has 0 unspecified atom stereocenters. The van der Waals surface area contributed by atoms with Gasteiger partial charge < -0.3 is 10.2 Å². The minimum atomic E-state index is 0.152. The number of halogens is 1. The lowest BCUT2D eigenvalue weighted by atomic mass is 9.98. The number of nitrogens with zero attached hydrogens (tertiary/aromatic N) is 1. The van der Waals surface area contributed by atoms with Crippen LogP contribution in [0.15, 0.2) is 28.7 Å². The smallest absolute Gasteiger partial charge is 0.227 e. The second-order valence-corrected chi connectivity index (χ2v) is 5.78. The van der Waals surface area contributed by atoms with E-state index in [-0.39, 0.29) is 11.8 Å². The van der Waals surface area contributed by atoms with Crippen molar-refractivity contribution in [2.24, 2.45) is 5.92 Å². The average Bonchev–Trinajstić information content (AvgIpc) is 2.41. The van der Waals surface area contributed by atoms with Crippen LogP contribution in [0.1, 0.15) is 18.4 Å². The lowest BCUT2D eigenvalue weighted by Gasteiger charge is -2.27. The van der Waals surface area contributed by atoms with Gasteiger partial charge in [-0.25, -0.2) is 0 Å². The van der Waals surface area contributed by atoms with Gasteiger partial charge in [-0.15, -0.1) is 0 Å². The summed E-state index contributed by atoms with van der Waals surface area (Å²) in [6.45, 7) is 2.55. The Morgan fingerprint density at radius 2 is 2.17 bits per heavy atom. The molecule has 0 aliphatic carbocycles. The second-order valence-electron chi connectivity index (χ2n) is 4.86. The lowest BCUT2D eigenvalue weighted by Crippen LogP contribution is -2.41. The molecule has 3 nitrogen and oxygen atoms in total. The highest BCUT2D eigenvalue weighted by Gasteiger charge is 2.23.